The van der Waals surface area contributed by atoms with Gasteiger partial charge in [-0.1, -0.05) is 31.5 Å². The van der Waals surface area contributed by atoms with Gasteiger partial charge in [-0.3, -0.25) is 4.79 Å². The van der Waals surface area contributed by atoms with Crippen molar-refractivity contribution in [2.45, 2.75) is 26.7 Å². The Morgan fingerprint density at radius 2 is 1.88 bits per heavy atom. The van der Waals surface area contributed by atoms with Crippen molar-refractivity contribution >= 4 is 39.0 Å². The lowest BCUT2D eigenvalue weighted by Crippen LogP contribution is -2.27. The highest BCUT2D eigenvalue weighted by atomic mass is 32.1. The molecule has 0 aliphatic rings. The number of hydrogen-bond acceptors (Lipinski definition) is 5. The summed E-state index contributed by atoms with van der Waals surface area (Å²) in [6.07, 6.45) is 3.65. The number of thiophene rings is 1. The van der Waals surface area contributed by atoms with Crippen LogP contribution in [0.25, 0.3) is 10.2 Å². The summed E-state index contributed by atoms with van der Waals surface area (Å²) in [5, 5.41) is 0.955. The third-order valence-electron chi connectivity index (χ3n) is 4.56. The molecule has 0 aliphatic carbocycles. The SMILES string of the molecule is CCCCN(C)C(=O)c1sc2ncnc(N(C)c3ccccc3)c2c1C. The van der Waals surface area contributed by atoms with Crippen molar-refractivity contribution in [3.8, 4) is 0 Å². The standard InChI is InChI=1S/C20H24N4OS/c1-5-6-12-23(3)20(25)17-14(2)16-18(21-13-22-19(16)26-17)24(4)15-10-8-7-9-11-15/h7-11,13H,5-6,12H2,1-4H3. The first-order valence-electron chi connectivity index (χ1n) is 8.83. The Balaban J connectivity index is 2.03. The molecule has 2 heterocycles. The van der Waals surface area contributed by atoms with Gasteiger partial charge in [-0.25, -0.2) is 9.97 Å². The summed E-state index contributed by atoms with van der Waals surface area (Å²) >= 11 is 1.45. The van der Waals surface area contributed by atoms with Crippen LogP contribution in [-0.4, -0.2) is 41.4 Å². The molecule has 3 rings (SSSR count). The third-order valence-corrected chi connectivity index (χ3v) is 5.74. The first-order chi connectivity index (χ1) is 12.5. The largest absolute Gasteiger partial charge is 0.341 e. The lowest BCUT2D eigenvalue weighted by Gasteiger charge is -2.19. The number of nitrogens with zero attached hydrogens (tertiary/aromatic N) is 4. The minimum absolute atomic E-state index is 0.0623. The van der Waals surface area contributed by atoms with Crippen molar-refractivity contribution in [1.29, 1.82) is 0 Å². The number of carbonyl (C=O) groups excluding carboxylic acids is 1. The lowest BCUT2D eigenvalue weighted by molar-refractivity contribution is 0.0797. The highest BCUT2D eigenvalue weighted by Gasteiger charge is 2.23. The number of para-hydroxylation sites is 1. The van der Waals surface area contributed by atoms with Crippen molar-refractivity contribution in [2.24, 2.45) is 0 Å². The number of rotatable bonds is 6. The molecule has 0 saturated carbocycles. The molecule has 0 aliphatic heterocycles. The highest BCUT2D eigenvalue weighted by molar-refractivity contribution is 7.20. The second-order valence-electron chi connectivity index (χ2n) is 6.41. The molecule has 0 fully saturated rings. The number of hydrogen-bond donors (Lipinski definition) is 0. The Morgan fingerprint density at radius 3 is 2.58 bits per heavy atom. The summed E-state index contributed by atoms with van der Waals surface area (Å²) in [7, 11) is 3.85. The molecule has 0 unspecified atom stereocenters. The van der Waals surface area contributed by atoms with E-state index in [0.717, 1.165) is 51.5 Å². The fourth-order valence-corrected chi connectivity index (χ4v) is 4.09. The zero-order valence-electron chi connectivity index (χ0n) is 15.7. The van der Waals surface area contributed by atoms with Crippen LogP contribution in [-0.2, 0) is 0 Å². The van der Waals surface area contributed by atoms with Crippen LogP contribution in [0, 0.1) is 6.92 Å². The Labute approximate surface area is 158 Å². The Morgan fingerprint density at radius 1 is 1.15 bits per heavy atom. The minimum Gasteiger partial charge on any atom is -0.341 e. The van der Waals surface area contributed by atoms with E-state index in [1.54, 1.807) is 11.2 Å². The number of aromatic nitrogens is 2. The summed E-state index contributed by atoms with van der Waals surface area (Å²) in [5.74, 6) is 0.887. The van der Waals surface area contributed by atoms with E-state index in [4.69, 9.17) is 0 Å². The fourth-order valence-electron chi connectivity index (χ4n) is 2.96. The van der Waals surface area contributed by atoms with Crippen LogP contribution in [0.2, 0.25) is 0 Å². The Bertz CT molecular complexity index is 907. The number of unbranched alkanes of at least 4 members (excludes halogenated alkanes) is 1. The van der Waals surface area contributed by atoms with Gasteiger partial charge in [0, 0.05) is 26.3 Å². The van der Waals surface area contributed by atoms with Crippen molar-refractivity contribution < 1.29 is 4.79 Å². The molecule has 0 N–H and O–H groups in total. The van der Waals surface area contributed by atoms with Gasteiger partial charge in [-0.2, -0.15) is 0 Å². The summed E-state index contributed by atoms with van der Waals surface area (Å²) in [5.41, 5.74) is 2.00. The molecule has 0 radical (unpaired) electrons. The molecule has 1 aromatic carbocycles. The first-order valence-corrected chi connectivity index (χ1v) is 9.64. The second kappa shape index (κ2) is 7.83. The Kier molecular flexibility index (Phi) is 5.52. The fraction of sp³-hybridized carbons (Fsp3) is 0.350. The van der Waals surface area contributed by atoms with Gasteiger partial charge in [0.1, 0.15) is 17.0 Å². The van der Waals surface area contributed by atoms with Crippen molar-refractivity contribution in [3.63, 3.8) is 0 Å². The number of amides is 1. The van der Waals surface area contributed by atoms with Crippen LogP contribution in [0.15, 0.2) is 36.7 Å². The quantitative estimate of drug-likeness (QED) is 0.636. The van der Waals surface area contributed by atoms with Gasteiger partial charge in [0.05, 0.1) is 10.3 Å². The number of fused-ring (bicyclic) bond motifs is 1. The molecule has 6 heteroatoms. The molecule has 0 spiro atoms. The molecule has 0 bridgehead atoms. The summed E-state index contributed by atoms with van der Waals surface area (Å²) in [4.78, 5) is 27.2. The van der Waals surface area contributed by atoms with Gasteiger partial charge in [0.15, 0.2) is 0 Å². The van der Waals surface area contributed by atoms with E-state index in [1.807, 2.05) is 56.3 Å². The molecular formula is C20H24N4OS. The van der Waals surface area contributed by atoms with Crippen LogP contribution in [0.1, 0.15) is 35.0 Å². The molecule has 0 atom stereocenters. The van der Waals surface area contributed by atoms with E-state index >= 15 is 0 Å². The van der Waals surface area contributed by atoms with Crippen LogP contribution >= 0.6 is 11.3 Å². The zero-order chi connectivity index (χ0) is 18.7. The highest BCUT2D eigenvalue weighted by Crippen LogP contribution is 2.37. The lowest BCUT2D eigenvalue weighted by atomic mass is 10.1. The summed E-state index contributed by atoms with van der Waals surface area (Å²) < 4.78 is 0. The van der Waals surface area contributed by atoms with Gasteiger partial charge in [-0.15, -0.1) is 11.3 Å². The monoisotopic (exact) mass is 368 g/mol. The van der Waals surface area contributed by atoms with Gasteiger partial charge in [-0.05, 0) is 31.0 Å². The summed E-state index contributed by atoms with van der Waals surface area (Å²) in [6.45, 7) is 4.89. The van der Waals surface area contributed by atoms with Crippen molar-refractivity contribution in [1.82, 2.24) is 14.9 Å². The molecule has 136 valence electrons. The second-order valence-corrected chi connectivity index (χ2v) is 7.41. The number of carbonyl (C=O) groups is 1. The Hall–Kier alpha value is -2.47. The number of anilines is 2. The minimum atomic E-state index is 0.0623. The maximum Gasteiger partial charge on any atom is 0.264 e. The smallest absolute Gasteiger partial charge is 0.264 e. The topological polar surface area (TPSA) is 49.3 Å². The van der Waals surface area contributed by atoms with Crippen LogP contribution in [0.3, 0.4) is 0 Å². The molecule has 2 aromatic heterocycles. The van der Waals surface area contributed by atoms with E-state index in [9.17, 15) is 4.79 Å². The predicted molar refractivity (Wildman–Crippen MR) is 109 cm³/mol. The van der Waals surface area contributed by atoms with Crippen LogP contribution in [0.5, 0.6) is 0 Å². The molecule has 5 nitrogen and oxygen atoms in total. The average Bonchev–Trinajstić information content (AvgIpc) is 3.02. The third kappa shape index (κ3) is 3.42. The zero-order valence-corrected chi connectivity index (χ0v) is 16.5. The number of aryl methyl sites for hydroxylation is 1. The average molecular weight is 369 g/mol. The van der Waals surface area contributed by atoms with E-state index < -0.39 is 0 Å². The molecular weight excluding hydrogens is 344 g/mol. The molecule has 26 heavy (non-hydrogen) atoms. The van der Waals surface area contributed by atoms with E-state index in [-0.39, 0.29) is 5.91 Å². The van der Waals surface area contributed by atoms with E-state index in [2.05, 4.69) is 16.9 Å². The van der Waals surface area contributed by atoms with Crippen molar-refractivity contribution in [3.05, 3.63) is 47.1 Å². The van der Waals surface area contributed by atoms with E-state index in [0.29, 0.717) is 0 Å². The summed E-state index contributed by atoms with van der Waals surface area (Å²) in [6, 6.07) is 10.1. The van der Waals surface area contributed by atoms with Gasteiger partial charge >= 0.3 is 0 Å². The van der Waals surface area contributed by atoms with Gasteiger partial charge < -0.3 is 9.80 Å². The van der Waals surface area contributed by atoms with Crippen molar-refractivity contribution in [2.75, 3.05) is 25.5 Å². The van der Waals surface area contributed by atoms with Gasteiger partial charge in [0.25, 0.3) is 5.91 Å². The maximum atomic E-state index is 12.9. The maximum absolute atomic E-state index is 12.9. The number of benzene rings is 1. The first kappa shape index (κ1) is 18.3. The van der Waals surface area contributed by atoms with E-state index in [1.165, 1.54) is 11.3 Å². The molecule has 1 amide bonds. The van der Waals surface area contributed by atoms with Gasteiger partial charge in [0.2, 0.25) is 0 Å². The van der Waals surface area contributed by atoms with Crippen LogP contribution in [0.4, 0.5) is 11.5 Å². The predicted octanol–water partition coefficient (Wildman–Crippen LogP) is 4.64. The normalized spacial score (nSPS) is 10.9. The molecule has 0 saturated heterocycles. The van der Waals surface area contributed by atoms with Crippen LogP contribution < -0.4 is 4.90 Å². The molecule has 3 aromatic rings.